The summed E-state index contributed by atoms with van der Waals surface area (Å²) in [6.45, 7) is 8.37. The van der Waals surface area contributed by atoms with Gasteiger partial charge in [0.05, 0.1) is 6.54 Å². The predicted molar refractivity (Wildman–Crippen MR) is 117 cm³/mol. The third kappa shape index (κ3) is 4.84. The van der Waals surface area contributed by atoms with Gasteiger partial charge >= 0.3 is 0 Å². The molecule has 1 N–H and O–H groups in total. The van der Waals surface area contributed by atoms with Crippen LogP contribution < -0.4 is 5.32 Å². The van der Waals surface area contributed by atoms with Crippen molar-refractivity contribution in [1.29, 1.82) is 0 Å². The smallest absolute Gasteiger partial charge is 0.147 e. The van der Waals surface area contributed by atoms with Crippen molar-refractivity contribution in [2.45, 2.75) is 75.9 Å². The standard InChI is InChI=1S/C20H34N6.2ClH/c1-2-12-24(11-1)15-19-22-23-20(26(19)18-3-4-18)16-7-13-25(14-8-16)17-5-9-21-10-6-17;;/h16-18,21H,1-15H2;2*1H. The average molecular weight is 431 g/mol. The normalized spacial score (nSPS) is 25.4. The van der Waals surface area contributed by atoms with E-state index < -0.39 is 0 Å². The fourth-order valence-electron chi connectivity index (χ4n) is 5.29. The summed E-state index contributed by atoms with van der Waals surface area (Å²) in [5, 5.41) is 12.9. The number of rotatable bonds is 5. The van der Waals surface area contributed by atoms with Gasteiger partial charge in [0.1, 0.15) is 11.6 Å². The highest BCUT2D eigenvalue weighted by Crippen LogP contribution is 2.40. The van der Waals surface area contributed by atoms with Gasteiger partial charge < -0.3 is 14.8 Å². The first kappa shape index (κ1) is 22.3. The van der Waals surface area contributed by atoms with Crippen LogP contribution in [0.25, 0.3) is 0 Å². The van der Waals surface area contributed by atoms with Crippen LogP contribution in [0.4, 0.5) is 0 Å². The van der Waals surface area contributed by atoms with E-state index in [2.05, 4.69) is 24.8 Å². The average Bonchev–Trinajstić information content (AvgIpc) is 3.24. The highest BCUT2D eigenvalue weighted by Gasteiger charge is 2.35. The van der Waals surface area contributed by atoms with Crippen molar-refractivity contribution in [2.75, 3.05) is 39.3 Å². The van der Waals surface area contributed by atoms with Crippen LogP contribution in [0.5, 0.6) is 0 Å². The Kier molecular flexibility index (Phi) is 8.02. The van der Waals surface area contributed by atoms with E-state index in [0.717, 1.165) is 12.6 Å². The Morgan fingerprint density at radius 3 is 2.11 bits per heavy atom. The third-order valence-electron chi connectivity index (χ3n) is 6.99. The van der Waals surface area contributed by atoms with Gasteiger partial charge in [-0.25, -0.2) is 0 Å². The summed E-state index contributed by atoms with van der Waals surface area (Å²) in [7, 11) is 0. The molecule has 0 amide bonds. The Balaban J connectivity index is 0.00000112. The molecule has 1 aromatic heterocycles. The molecule has 0 spiro atoms. The van der Waals surface area contributed by atoms with Crippen LogP contribution in [0.2, 0.25) is 0 Å². The lowest BCUT2D eigenvalue weighted by Gasteiger charge is -2.39. The molecule has 0 aromatic carbocycles. The minimum absolute atomic E-state index is 0. The van der Waals surface area contributed by atoms with Crippen LogP contribution in [0.15, 0.2) is 0 Å². The monoisotopic (exact) mass is 430 g/mol. The predicted octanol–water partition coefficient (Wildman–Crippen LogP) is 2.98. The van der Waals surface area contributed by atoms with E-state index in [1.165, 1.54) is 102 Å². The second-order valence-electron chi connectivity index (χ2n) is 8.85. The van der Waals surface area contributed by atoms with E-state index in [1.54, 1.807) is 0 Å². The molecule has 5 rings (SSSR count). The van der Waals surface area contributed by atoms with Crippen LogP contribution >= 0.6 is 24.8 Å². The number of aromatic nitrogens is 3. The van der Waals surface area contributed by atoms with E-state index in [9.17, 15) is 0 Å². The third-order valence-corrected chi connectivity index (χ3v) is 6.99. The van der Waals surface area contributed by atoms with Crippen molar-refractivity contribution in [3.8, 4) is 0 Å². The molecule has 0 bridgehead atoms. The zero-order chi connectivity index (χ0) is 17.3. The lowest BCUT2D eigenvalue weighted by atomic mass is 9.93. The molecule has 1 aromatic rings. The van der Waals surface area contributed by atoms with Crippen LogP contribution in [0.3, 0.4) is 0 Å². The molecular formula is C20H36Cl2N6. The molecule has 3 saturated heterocycles. The topological polar surface area (TPSA) is 49.2 Å². The van der Waals surface area contributed by atoms with Gasteiger partial charge in [-0.1, -0.05) is 0 Å². The molecule has 160 valence electrons. The van der Waals surface area contributed by atoms with Crippen LogP contribution in [-0.2, 0) is 6.54 Å². The molecule has 0 atom stereocenters. The fraction of sp³-hybridized carbons (Fsp3) is 0.900. The lowest BCUT2D eigenvalue weighted by molar-refractivity contribution is 0.124. The number of likely N-dealkylation sites (tertiary alicyclic amines) is 2. The highest BCUT2D eigenvalue weighted by molar-refractivity contribution is 5.85. The van der Waals surface area contributed by atoms with E-state index in [4.69, 9.17) is 5.10 Å². The van der Waals surface area contributed by atoms with Crippen LogP contribution in [-0.4, -0.2) is 69.9 Å². The molecule has 1 saturated carbocycles. The van der Waals surface area contributed by atoms with Crippen LogP contribution in [0.1, 0.15) is 75.0 Å². The molecule has 0 unspecified atom stereocenters. The van der Waals surface area contributed by atoms with Gasteiger partial charge in [0.25, 0.3) is 0 Å². The zero-order valence-electron chi connectivity index (χ0n) is 16.9. The van der Waals surface area contributed by atoms with Gasteiger partial charge in [-0.15, -0.1) is 35.0 Å². The number of hydrogen-bond acceptors (Lipinski definition) is 5. The molecule has 4 fully saturated rings. The Morgan fingerprint density at radius 2 is 1.46 bits per heavy atom. The van der Waals surface area contributed by atoms with Gasteiger partial charge in [0.2, 0.25) is 0 Å². The van der Waals surface area contributed by atoms with Crippen molar-refractivity contribution in [1.82, 2.24) is 29.9 Å². The van der Waals surface area contributed by atoms with Gasteiger partial charge in [-0.05, 0) is 90.6 Å². The summed E-state index contributed by atoms with van der Waals surface area (Å²) >= 11 is 0. The molecule has 4 aliphatic rings. The second kappa shape index (κ2) is 10.1. The maximum Gasteiger partial charge on any atom is 0.147 e. The molecule has 8 heteroatoms. The van der Waals surface area contributed by atoms with Crippen molar-refractivity contribution >= 4 is 24.8 Å². The molecule has 4 heterocycles. The second-order valence-corrected chi connectivity index (χ2v) is 8.85. The Hall–Kier alpha value is -0.400. The fourth-order valence-corrected chi connectivity index (χ4v) is 5.29. The van der Waals surface area contributed by atoms with Crippen LogP contribution in [0, 0.1) is 0 Å². The molecule has 1 aliphatic carbocycles. The highest BCUT2D eigenvalue weighted by atomic mass is 35.5. The molecule has 0 radical (unpaired) electrons. The summed E-state index contributed by atoms with van der Waals surface area (Å²) in [5.74, 6) is 3.17. The van der Waals surface area contributed by atoms with E-state index in [-0.39, 0.29) is 24.8 Å². The van der Waals surface area contributed by atoms with Crippen molar-refractivity contribution in [2.24, 2.45) is 0 Å². The first-order chi connectivity index (χ1) is 12.9. The van der Waals surface area contributed by atoms with E-state index in [1.807, 2.05) is 0 Å². The summed E-state index contributed by atoms with van der Waals surface area (Å²) in [4.78, 5) is 5.31. The maximum absolute atomic E-state index is 4.74. The van der Waals surface area contributed by atoms with Crippen molar-refractivity contribution < 1.29 is 0 Å². The van der Waals surface area contributed by atoms with Gasteiger partial charge in [0.15, 0.2) is 0 Å². The number of piperidine rings is 2. The van der Waals surface area contributed by atoms with Crippen molar-refractivity contribution in [3.05, 3.63) is 11.6 Å². The number of nitrogens with one attached hydrogen (secondary N) is 1. The number of halogens is 2. The maximum atomic E-state index is 4.74. The zero-order valence-corrected chi connectivity index (χ0v) is 18.5. The Bertz CT molecular complexity index is 600. The Morgan fingerprint density at radius 1 is 0.786 bits per heavy atom. The molecule has 6 nitrogen and oxygen atoms in total. The Labute approximate surface area is 181 Å². The SMILES string of the molecule is C1CCN(Cc2nnc(C3CCN(C4CCNCC4)CC3)n2C2CC2)C1.Cl.Cl. The molecule has 3 aliphatic heterocycles. The largest absolute Gasteiger partial charge is 0.317 e. The van der Waals surface area contributed by atoms with Gasteiger partial charge in [0, 0.05) is 18.0 Å². The first-order valence-corrected chi connectivity index (χ1v) is 11.0. The van der Waals surface area contributed by atoms with E-state index >= 15 is 0 Å². The molecule has 28 heavy (non-hydrogen) atoms. The quantitative estimate of drug-likeness (QED) is 0.777. The minimum Gasteiger partial charge on any atom is -0.317 e. The van der Waals surface area contributed by atoms with E-state index in [0.29, 0.717) is 12.0 Å². The summed E-state index contributed by atoms with van der Waals surface area (Å²) in [5.41, 5.74) is 0. The minimum atomic E-state index is 0. The number of hydrogen-bond donors (Lipinski definition) is 1. The summed E-state index contributed by atoms with van der Waals surface area (Å²) < 4.78 is 2.56. The lowest BCUT2D eigenvalue weighted by Crippen LogP contribution is -2.46. The van der Waals surface area contributed by atoms with Gasteiger partial charge in [-0.2, -0.15) is 0 Å². The van der Waals surface area contributed by atoms with Crippen molar-refractivity contribution in [3.63, 3.8) is 0 Å². The summed E-state index contributed by atoms with van der Waals surface area (Å²) in [6.07, 6.45) is 10.5. The van der Waals surface area contributed by atoms with Gasteiger partial charge in [-0.3, -0.25) is 4.90 Å². The summed E-state index contributed by atoms with van der Waals surface area (Å²) in [6, 6.07) is 1.50. The number of nitrogens with zero attached hydrogens (tertiary/aromatic N) is 5. The first-order valence-electron chi connectivity index (χ1n) is 11.0. The molecular weight excluding hydrogens is 395 g/mol.